The lowest BCUT2D eigenvalue weighted by Gasteiger charge is -2.29. The van der Waals surface area contributed by atoms with E-state index in [2.05, 4.69) is 24.3 Å². The number of nitrogens with one attached hydrogen (secondary N) is 1. The number of rotatable bonds is 10. The molecule has 0 saturated carbocycles. The maximum Gasteiger partial charge on any atom is 0.238 e. The van der Waals surface area contributed by atoms with Gasteiger partial charge in [0.2, 0.25) is 12.1 Å². The molecule has 3 heterocycles. The van der Waals surface area contributed by atoms with Gasteiger partial charge in [-0.25, -0.2) is 0 Å². The highest BCUT2D eigenvalue weighted by atomic mass is 32.2. The molecule has 172 valence electrons. The minimum atomic E-state index is -0.511. The number of hydrogen-bond acceptors (Lipinski definition) is 7. The van der Waals surface area contributed by atoms with Crippen LogP contribution >= 0.6 is 11.8 Å². The lowest BCUT2D eigenvalue weighted by atomic mass is 9.86. The Bertz CT molecular complexity index is 598. The minimum absolute atomic E-state index is 0.0127. The summed E-state index contributed by atoms with van der Waals surface area (Å²) < 4.78 is 16.5. The van der Waals surface area contributed by atoms with Crippen molar-refractivity contribution in [2.45, 2.75) is 83.5 Å². The predicted molar refractivity (Wildman–Crippen MR) is 118 cm³/mol. The first-order valence-corrected chi connectivity index (χ1v) is 12.2. The molecule has 1 N–H and O–H groups in total. The molecule has 0 radical (unpaired) electrons. The molecule has 3 aliphatic heterocycles. The number of carbonyl (C=O) groups is 1. The number of oxime groups is 1. The van der Waals surface area contributed by atoms with E-state index in [-0.39, 0.29) is 17.6 Å². The van der Waals surface area contributed by atoms with Gasteiger partial charge in [-0.05, 0) is 57.6 Å². The standard InChI is InChI=1S/C22H38N2O5S/c1-21(2,15-28-19-7-5-6-10-27-19)17-13-18(29-24-17)23-20(25)22(3,4)30-12-9-16-8-11-26-14-16/h16,18-19H,5-15H2,1-4H3,(H,23,25)/t16-,18?,19?/m0/s1. The van der Waals surface area contributed by atoms with Crippen LogP contribution in [0.5, 0.6) is 0 Å². The molecule has 2 unspecified atom stereocenters. The Labute approximate surface area is 185 Å². The average Bonchev–Trinajstić information content (AvgIpc) is 3.40. The van der Waals surface area contributed by atoms with Crippen LogP contribution in [0.15, 0.2) is 5.16 Å². The first-order valence-electron chi connectivity index (χ1n) is 11.3. The van der Waals surface area contributed by atoms with Gasteiger partial charge in [0.15, 0.2) is 6.29 Å². The van der Waals surface area contributed by atoms with E-state index in [4.69, 9.17) is 19.0 Å². The highest BCUT2D eigenvalue weighted by molar-refractivity contribution is 8.01. The van der Waals surface area contributed by atoms with Crippen LogP contribution < -0.4 is 5.32 Å². The Morgan fingerprint density at radius 2 is 2.07 bits per heavy atom. The van der Waals surface area contributed by atoms with Crippen LogP contribution in [0.2, 0.25) is 0 Å². The molecule has 7 nitrogen and oxygen atoms in total. The predicted octanol–water partition coefficient (Wildman–Crippen LogP) is 3.71. The van der Waals surface area contributed by atoms with Crippen LogP contribution in [0.4, 0.5) is 0 Å². The number of amides is 1. The van der Waals surface area contributed by atoms with Crippen molar-refractivity contribution in [3.63, 3.8) is 0 Å². The first-order chi connectivity index (χ1) is 14.3. The number of nitrogens with zero attached hydrogens (tertiary/aromatic N) is 1. The van der Waals surface area contributed by atoms with Crippen LogP contribution in [0, 0.1) is 11.3 Å². The van der Waals surface area contributed by atoms with Gasteiger partial charge in [0.05, 0.1) is 17.1 Å². The molecule has 0 aliphatic carbocycles. The lowest BCUT2D eigenvalue weighted by molar-refractivity contribution is -0.171. The second kappa shape index (κ2) is 10.7. The molecule has 0 aromatic carbocycles. The average molecular weight is 443 g/mol. The van der Waals surface area contributed by atoms with Gasteiger partial charge in [-0.3, -0.25) is 4.79 Å². The third kappa shape index (κ3) is 6.84. The number of thioether (sulfide) groups is 1. The summed E-state index contributed by atoms with van der Waals surface area (Å²) in [5, 5.41) is 7.28. The molecular formula is C22H38N2O5S. The van der Waals surface area contributed by atoms with Gasteiger partial charge < -0.3 is 24.4 Å². The van der Waals surface area contributed by atoms with E-state index >= 15 is 0 Å². The van der Waals surface area contributed by atoms with E-state index in [9.17, 15) is 4.79 Å². The van der Waals surface area contributed by atoms with Crippen molar-refractivity contribution in [1.29, 1.82) is 0 Å². The Morgan fingerprint density at radius 3 is 2.77 bits per heavy atom. The maximum atomic E-state index is 12.8. The van der Waals surface area contributed by atoms with E-state index in [0.29, 0.717) is 18.9 Å². The van der Waals surface area contributed by atoms with Crippen molar-refractivity contribution < 1.29 is 23.8 Å². The molecule has 0 spiro atoms. The zero-order valence-electron chi connectivity index (χ0n) is 18.9. The summed E-state index contributed by atoms with van der Waals surface area (Å²) in [6.45, 7) is 11.1. The fourth-order valence-corrected chi connectivity index (χ4v) is 4.91. The summed E-state index contributed by atoms with van der Waals surface area (Å²) in [4.78, 5) is 18.3. The van der Waals surface area contributed by atoms with Crippen LogP contribution in [0.3, 0.4) is 0 Å². The van der Waals surface area contributed by atoms with Crippen molar-refractivity contribution >= 4 is 23.4 Å². The molecule has 0 aromatic rings. The molecule has 2 fully saturated rings. The van der Waals surface area contributed by atoms with Crippen molar-refractivity contribution in [3.8, 4) is 0 Å². The topological polar surface area (TPSA) is 78.4 Å². The summed E-state index contributed by atoms with van der Waals surface area (Å²) in [5.41, 5.74) is 0.642. The number of carbonyl (C=O) groups excluding carboxylic acids is 1. The molecule has 8 heteroatoms. The third-order valence-electron chi connectivity index (χ3n) is 6.07. The Hall–Kier alpha value is -0.830. The zero-order valence-corrected chi connectivity index (χ0v) is 19.7. The molecule has 3 aliphatic rings. The Balaban J connectivity index is 1.39. The van der Waals surface area contributed by atoms with Gasteiger partial charge in [-0.15, -0.1) is 11.8 Å². The second-order valence-electron chi connectivity index (χ2n) is 9.68. The van der Waals surface area contributed by atoms with Gasteiger partial charge >= 0.3 is 0 Å². The SMILES string of the molecule is CC(C)(COC1CCCCO1)C1=NOC(NC(=O)C(C)(C)SCC[C@@H]2CCOC2)C1. The quantitative estimate of drug-likeness (QED) is 0.556. The fraction of sp³-hybridized carbons (Fsp3) is 0.909. The van der Waals surface area contributed by atoms with Crippen molar-refractivity contribution in [1.82, 2.24) is 5.32 Å². The lowest BCUT2D eigenvalue weighted by Crippen LogP contribution is -2.46. The van der Waals surface area contributed by atoms with Gasteiger partial charge in [0.25, 0.3) is 0 Å². The van der Waals surface area contributed by atoms with E-state index in [1.165, 1.54) is 0 Å². The summed E-state index contributed by atoms with van der Waals surface area (Å²) in [6.07, 6.45) is 5.46. The smallest absolute Gasteiger partial charge is 0.238 e. The summed E-state index contributed by atoms with van der Waals surface area (Å²) in [7, 11) is 0. The molecule has 2 saturated heterocycles. The summed E-state index contributed by atoms with van der Waals surface area (Å²) in [6, 6.07) is 0. The van der Waals surface area contributed by atoms with Gasteiger partial charge in [0, 0.05) is 31.7 Å². The minimum Gasteiger partial charge on any atom is -0.381 e. The van der Waals surface area contributed by atoms with Crippen molar-refractivity contribution in [2.24, 2.45) is 16.5 Å². The second-order valence-corrected chi connectivity index (χ2v) is 11.4. The van der Waals surface area contributed by atoms with Crippen molar-refractivity contribution in [3.05, 3.63) is 0 Å². The molecule has 0 bridgehead atoms. The van der Waals surface area contributed by atoms with Crippen LogP contribution in [0.25, 0.3) is 0 Å². The molecule has 1 amide bonds. The molecule has 30 heavy (non-hydrogen) atoms. The largest absolute Gasteiger partial charge is 0.381 e. The van der Waals surface area contributed by atoms with E-state index in [1.807, 2.05) is 13.8 Å². The third-order valence-corrected chi connectivity index (χ3v) is 7.42. The molecular weight excluding hydrogens is 404 g/mol. The van der Waals surface area contributed by atoms with Gasteiger partial charge in [0.1, 0.15) is 0 Å². The monoisotopic (exact) mass is 442 g/mol. The zero-order chi connectivity index (χ0) is 21.6. The number of hydrogen-bond donors (Lipinski definition) is 1. The Kier molecular flexibility index (Phi) is 8.46. The van der Waals surface area contributed by atoms with Crippen LogP contribution in [0.1, 0.15) is 66.2 Å². The van der Waals surface area contributed by atoms with Gasteiger partial charge in [-0.2, -0.15) is 0 Å². The normalized spacial score (nSPS) is 27.6. The highest BCUT2D eigenvalue weighted by Crippen LogP contribution is 2.30. The van der Waals surface area contributed by atoms with Gasteiger partial charge in [-0.1, -0.05) is 19.0 Å². The fourth-order valence-electron chi connectivity index (χ4n) is 3.76. The maximum absolute atomic E-state index is 12.8. The number of ether oxygens (including phenoxy) is 3. The Morgan fingerprint density at radius 1 is 1.23 bits per heavy atom. The molecule has 3 rings (SSSR count). The van der Waals surface area contributed by atoms with E-state index < -0.39 is 11.0 Å². The molecule has 0 aromatic heterocycles. The summed E-state index contributed by atoms with van der Waals surface area (Å²) in [5.74, 6) is 1.57. The van der Waals surface area contributed by atoms with Crippen LogP contribution in [-0.2, 0) is 23.8 Å². The first kappa shape index (κ1) is 23.8. The van der Waals surface area contributed by atoms with Crippen molar-refractivity contribution in [2.75, 3.05) is 32.2 Å². The summed E-state index contributed by atoms with van der Waals surface area (Å²) >= 11 is 1.69. The van der Waals surface area contributed by atoms with E-state index in [0.717, 1.165) is 63.4 Å². The van der Waals surface area contributed by atoms with E-state index in [1.54, 1.807) is 11.8 Å². The molecule has 3 atom stereocenters. The van der Waals surface area contributed by atoms with Crippen LogP contribution in [-0.4, -0.2) is 61.1 Å². The highest BCUT2D eigenvalue weighted by Gasteiger charge is 2.37.